The van der Waals surface area contributed by atoms with Gasteiger partial charge in [-0.3, -0.25) is 5.32 Å². The van der Waals surface area contributed by atoms with Crippen LogP contribution in [0, 0.1) is 13.8 Å². The third-order valence-electron chi connectivity index (χ3n) is 4.02. The lowest BCUT2D eigenvalue weighted by Crippen LogP contribution is -2.49. The van der Waals surface area contributed by atoms with Crippen LogP contribution in [-0.4, -0.2) is 48.3 Å². The summed E-state index contributed by atoms with van der Waals surface area (Å²) in [6.07, 6.45) is -0.172. The highest BCUT2D eigenvalue weighted by atomic mass is 79.9. The van der Waals surface area contributed by atoms with Gasteiger partial charge in [0.1, 0.15) is 24.3 Å². The van der Waals surface area contributed by atoms with E-state index in [1.807, 2.05) is 50.2 Å². The Labute approximate surface area is 161 Å². The van der Waals surface area contributed by atoms with Gasteiger partial charge in [-0.25, -0.2) is 9.78 Å². The molecule has 1 N–H and O–H groups in total. The number of carbonyl (C=O) groups is 1. The van der Waals surface area contributed by atoms with Crippen molar-refractivity contribution in [2.45, 2.75) is 20.0 Å². The molecule has 1 atom stereocenters. The van der Waals surface area contributed by atoms with Crippen molar-refractivity contribution in [2.24, 2.45) is 0 Å². The van der Waals surface area contributed by atoms with E-state index in [0.717, 1.165) is 21.5 Å². The normalized spacial score (nSPS) is 17.0. The van der Waals surface area contributed by atoms with Gasteiger partial charge in [0.2, 0.25) is 0 Å². The molecule has 1 fully saturated rings. The number of hydrogen-bond donors (Lipinski definition) is 1. The zero-order valence-corrected chi connectivity index (χ0v) is 16.5. The van der Waals surface area contributed by atoms with E-state index in [9.17, 15) is 4.79 Å². The largest absolute Gasteiger partial charge is 0.490 e. The molecular formula is C19H22BrN3O3. The van der Waals surface area contributed by atoms with Crippen LogP contribution in [0.4, 0.5) is 10.6 Å². The predicted molar refractivity (Wildman–Crippen MR) is 104 cm³/mol. The maximum absolute atomic E-state index is 12.5. The maximum atomic E-state index is 12.5. The fraction of sp³-hybridized carbons (Fsp3) is 0.368. The van der Waals surface area contributed by atoms with Crippen LogP contribution in [0.1, 0.15) is 11.3 Å². The van der Waals surface area contributed by atoms with E-state index < -0.39 is 0 Å². The number of nitrogens with one attached hydrogen (secondary N) is 1. The molecule has 0 spiro atoms. The molecule has 1 saturated heterocycles. The first-order valence-electron chi connectivity index (χ1n) is 8.51. The van der Waals surface area contributed by atoms with E-state index in [1.165, 1.54) is 0 Å². The molecule has 3 rings (SSSR count). The monoisotopic (exact) mass is 419 g/mol. The molecule has 0 bridgehead atoms. The first-order valence-corrected chi connectivity index (χ1v) is 9.31. The number of pyridine rings is 1. The second-order valence-corrected chi connectivity index (χ2v) is 7.14. The molecule has 1 aromatic carbocycles. The molecule has 0 aliphatic carbocycles. The number of hydrogen-bond acceptors (Lipinski definition) is 4. The fourth-order valence-corrected chi connectivity index (χ4v) is 3.24. The van der Waals surface area contributed by atoms with E-state index in [1.54, 1.807) is 4.90 Å². The molecule has 26 heavy (non-hydrogen) atoms. The molecule has 6 nitrogen and oxygen atoms in total. The van der Waals surface area contributed by atoms with Crippen molar-refractivity contribution in [1.82, 2.24) is 9.88 Å². The van der Waals surface area contributed by atoms with Crippen molar-refractivity contribution < 1.29 is 14.3 Å². The maximum Gasteiger partial charge on any atom is 0.323 e. The van der Waals surface area contributed by atoms with Crippen LogP contribution in [0.25, 0.3) is 0 Å². The van der Waals surface area contributed by atoms with Gasteiger partial charge in [0.25, 0.3) is 0 Å². The summed E-state index contributed by atoms with van der Waals surface area (Å²) in [7, 11) is 0. The summed E-state index contributed by atoms with van der Waals surface area (Å²) < 4.78 is 12.4. The third kappa shape index (κ3) is 4.95. The Morgan fingerprint density at radius 1 is 1.38 bits per heavy atom. The summed E-state index contributed by atoms with van der Waals surface area (Å²) in [6, 6.07) is 11.3. The van der Waals surface area contributed by atoms with Crippen molar-refractivity contribution in [1.29, 1.82) is 0 Å². The van der Waals surface area contributed by atoms with Gasteiger partial charge in [0, 0.05) is 12.2 Å². The van der Waals surface area contributed by atoms with Crippen LogP contribution in [-0.2, 0) is 4.74 Å². The van der Waals surface area contributed by atoms with E-state index >= 15 is 0 Å². The number of nitrogens with zero attached hydrogens (tertiary/aromatic N) is 2. The van der Waals surface area contributed by atoms with E-state index in [-0.39, 0.29) is 12.1 Å². The van der Waals surface area contributed by atoms with Crippen LogP contribution < -0.4 is 10.1 Å². The topological polar surface area (TPSA) is 63.7 Å². The SMILES string of the molecule is Cc1cc(C)nc(NC(=O)N2CCOC(COc3ccccc3Br)C2)c1. The Bertz CT molecular complexity index is 764. The van der Waals surface area contributed by atoms with Crippen LogP contribution in [0.2, 0.25) is 0 Å². The molecule has 7 heteroatoms. The first-order chi connectivity index (χ1) is 12.5. The van der Waals surface area contributed by atoms with E-state index in [4.69, 9.17) is 9.47 Å². The lowest BCUT2D eigenvalue weighted by Gasteiger charge is -2.32. The van der Waals surface area contributed by atoms with Crippen molar-refractivity contribution in [3.8, 4) is 5.75 Å². The van der Waals surface area contributed by atoms with Crippen molar-refractivity contribution in [3.05, 3.63) is 52.1 Å². The summed E-state index contributed by atoms with van der Waals surface area (Å²) in [6.45, 7) is 5.77. The average molecular weight is 420 g/mol. The number of rotatable bonds is 4. The molecular weight excluding hydrogens is 398 g/mol. The van der Waals surface area contributed by atoms with Gasteiger partial charge >= 0.3 is 6.03 Å². The Morgan fingerprint density at radius 2 is 2.19 bits per heavy atom. The molecule has 2 aromatic rings. The molecule has 2 heterocycles. The quantitative estimate of drug-likeness (QED) is 0.818. The predicted octanol–water partition coefficient (Wildman–Crippen LogP) is 3.77. The highest BCUT2D eigenvalue weighted by molar-refractivity contribution is 9.10. The van der Waals surface area contributed by atoms with Crippen LogP contribution in [0.5, 0.6) is 5.75 Å². The van der Waals surface area contributed by atoms with Gasteiger partial charge in [-0.05, 0) is 59.6 Å². The number of halogens is 1. The van der Waals surface area contributed by atoms with Crippen molar-refractivity contribution >= 4 is 27.8 Å². The minimum absolute atomic E-state index is 0.170. The molecule has 0 radical (unpaired) electrons. The summed E-state index contributed by atoms with van der Waals surface area (Å²) >= 11 is 3.46. The Kier molecular flexibility index (Phi) is 6.11. The number of aryl methyl sites for hydroxylation is 2. The minimum atomic E-state index is -0.172. The number of para-hydroxylation sites is 1. The summed E-state index contributed by atoms with van der Waals surface area (Å²) in [5, 5.41) is 2.87. The smallest absolute Gasteiger partial charge is 0.323 e. The molecule has 1 aliphatic rings. The minimum Gasteiger partial charge on any atom is -0.490 e. The zero-order chi connectivity index (χ0) is 18.5. The van der Waals surface area contributed by atoms with E-state index in [0.29, 0.717) is 32.1 Å². The second-order valence-electron chi connectivity index (χ2n) is 6.28. The number of aromatic nitrogens is 1. The van der Waals surface area contributed by atoms with E-state index in [2.05, 4.69) is 26.2 Å². The van der Waals surface area contributed by atoms with Gasteiger partial charge in [0.05, 0.1) is 17.6 Å². The lowest BCUT2D eigenvalue weighted by molar-refractivity contribution is -0.0338. The number of benzene rings is 1. The molecule has 1 unspecified atom stereocenters. The van der Waals surface area contributed by atoms with Gasteiger partial charge in [0.15, 0.2) is 0 Å². The van der Waals surface area contributed by atoms with Crippen LogP contribution in [0.3, 0.4) is 0 Å². The Hall–Kier alpha value is -2.12. The van der Waals surface area contributed by atoms with Crippen LogP contribution >= 0.6 is 15.9 Å². The molecule has 138 valence electrons. The van der Waals surface area contributed by atoms with Crippen LogP contribution in [0.15, 0.2) is 40.9 Å². The Morgan fingerprint density at radius 3 is 2.96 bits per heavy atom. The molecule has 1 aromatic heterocycles. The average Bonchev–Trinajstić information content (AvgIpc) is 2.60. The highest BCUT2D eigenvalue weighted by Crippen LogP contribution is 2.24. The lowest BCUT2D eigenvalue weighted by atomic mass is 10.2. The Balaban J connectivity index is 1.55. The third-order valence-corrected chi connectivity index (χ3v) is 4.68. The molecule has 1 aliphatic heterocycles. The van der Waals surface area contributed by atoms with Crippen molar-refractivity contribution in [2.75, 3.05) is 31.6 Å². The number of amides is 2. The summed E-state index contributed by atoms with van der Waals surface area (Å²) in [4.78, 5) is 18.6. The van der Waals surface area contributed by atoms with Gasteiger partial charge in [-0.2, -0.15) is 0 Å². The number of carbonyl (C=O) groups excluding carboxylic acids is 1. The zero-order valence-electron chi connectivity index (χ0n) is 14.9. The standard InChI is InChI=1S/C19H22BrN3O3/c1-13-9-14(2)21-18(10-13)22-19(24)23-7-8-25-15(11-23)12-26-17-6-4-3-5-16(17)20/h3-6,9-10,15H,7-8,11-12H2,1-2H3,(H,21,22,24). The molecule has 0 saturated carbocycles. The summed E-state index contributed by atoms with van der Waals surface area (Å²) in [5.41, 5.74) is 1.94. The van der Waals surface area contributed by atoms with Crippen molar-refractivity contribution in [3.63, 3.8) is 0 Å². The summed E-state index contributed by atoms with van der Waals surface area (Å²) in [5.74, 6) is 1.33. The fourth-order valence-electron chi connectivity index (χ4n) is 2.84. The number of morpholine rings is 1. The first kappa shape index (κ1) is 18.7. The second kappa shape index (κ2) is 8.51. The van der Waals surface area contributed by atoms with Gasteiger partial charge in [-0.1, -0.05) is 12.1 Å². The highest BCUT2D eigenvalue weighted by Gasteiger charge is 2.25. The number of urea groups is 1. The molecule has 2 amide bonds. The number of ether oxygens (including phenoxy) is 2. The van der Waals surface area contributed by atoms with Gasteiger partial charge in [-0.15, -0.1) is 0 Å². The van der Waals surface area contributed by atoms with Gasteiger partial charge < -0.3 is 14.4 Å². The number of anilines is 1.